The molecule has 0 atom stereocenters. The summed E-state index contributed by atoms with van der Waals surface area (Å²) in [6.07, 6.45) is 3.32. The largest absolute Gasteiger partial charge is 0.496 e. The van der Waals surface area contributed by atoms with E-state index in [4.69, 9.17) is 16.3 Å². The van der Waals surface area contributed by atoms with Crippen LogP contribution >= 0.6 is 27.5 Å². The van der Waals surface area contributed by atoms with E-state index >= 15 is 0 Å². The molecule has 2 heterocycles. The van der Waals surface area contributed by atoms with Crippen molar-refractivity contribution in [3.8, 4) is 5.75 Å². The lowest BCUT2D eigenvalue weighted by atomic mass is 10.0. The van der Waals surface area contributed by atoms with Crippen LogP contribution in [0.25, 0.3) is 11.0 Å². The number of aromatic nitrogens is 2. The highest BCUT2D eigenvalue weighted by atomic mass is 79.9. The number of hydrogen-bond donors (Lipinski definition) is 1. The zero-order valence-electron chi connectivity index (χ0n) is 11.0. The van der Waals surface area contributed by atoms with Crippen molar-refractivity contribution in [2.75, 3.05) is 7.11 Å². The number of fused-ring (bicyclic) bond motifs is 1. The number of nitrogens with one attached hydrogen (secondary N) is 1. The van der Waals surface area contributed by atoms with Gasteiger partial charge in [0.1, 0.15) is 11.4 Å². The second-order valence-electron chi connectivity index (χ2n) is 4.43. The fourth-order valence-electron chi connectivity index (χ4n) is 2.17. The third-order valence-electron chi connectivity index (χ3n) is 3.15. The average Bonchev–Trinajstić information content (AvgIpc) is 2.89. The molecular formula is C15H10BrClN2O2. The fraction of sp³-hybridized carbons (Fsp3) is 0.0667. The molecule has 1 N–H and O–H groups in total. The van der Waals surface area contributed by atoms with Crippen LogP contribution in [0.3, 0.4) is 0 Å². The van der Waals surface area contributed by atoms with Crippen LogP contribution in [0.15, 0.2) is 41.1 Å². The minimum absolute atomic E-state index is 0.166. The van der Waals surface area contributed by atoms with E-state index < -0.39 is 0 Å². The molecule has 0 bridgehead atoms. The van der Waals surface area contributed by atoms with Gasteiger partial charge in [0, 0.05) is 32.8 Å². The summed E-state index contributed by atoms with van der Waals surface area (Å²) >= 11 is 9.35. The van der Waals surface area contributed by atoms with Gasteiger partial charge in [0.25, 0.3) is 0 Å². The Balaban J connectivity index is 2.17. The molecule has 0 aliphatic carbocycles. The van der Waals surface area contributed by atoms with Gasteiger partial charge < -0.3 is 9.72 Å². The number of methoxy groups -OCH3 is 1. The Labute approximate surface area is 134 Å². The number of carbonyl (C=O) groups excluding carboxylic acids is 1. The predicted molar refractivity (Wildman–Crippen MR) is 85.2 cm³/mol. The first-order chi connectivity index (χ1) is 10.1. The van der Waals surface area contributed by atoms with Crippen molar-refractivity contribution >= 4 is 44.3 Å². The van der Waals surface area contributed by atoms with Gasteiger partial charge in [0.2, 0.25) is 0 Å². The zero-order chi connectivity index (χ0) is 15.0. The summed E-state index contributed by atoms with van der Waals surface area (Å²) in [4.78, 5) is 20.0. The number of nitrogens with zero attached hydrogens (tertiary/aromatic N) is 1. The lowest BCUT2D eigenvalue weighted by Crippen LogP contribution is -2.03. The van der Waals surface area contributed by atoms with Crippen molar-refractivity contribution in [1.82, 2.24) is 9.97 Å². The normalized spacial score (nSPS) is 10.8. The molecule has 21 heavy (non-hydrogen) atoms. The van der Waals surface area contributed by atoms with Crippen molar-refractivity contribution in [1.29, 1.82) is 0 Å². The number of pyridine rings is 1. The Morgan fingerprint density at radius 1 is 1.33 bits per heavy atom. The quantitative estimate of drug-likeness (QED) is 0.707. The summed E-state index contributed by atoms with van der Waals surface area (Å²) in [5, 5.41) is 1.23. The van der Waals surface area contributed by atoms with E-state index in [1.165, 1.54) is 7.11 Å². The Kier molecular flexibility index (Phi) is 3.69. The number of ketones is 1. The number of aromatic amines is 1. The van der Waals surface area contributed by atoms with E-state index in [2.05, 4.69) is 25.9 Å². The summed E-state index contributed by atoms with van der Waals surface area (Å²) in [7, 11) is 1.52. The lowest BCUT2D eigenvalue weighted by Gasteiger charge is -2.07. The average molecular weight is 366 g/mol. The molecule has 1 aromatic carbocycles. The molecular weight excluding hydrogens is 356 g/mol. The van der Waals surface area contributed by atoms with Crippen molar-refractivity contribution in [3.05, 3.63) is 57.3 Å². The third kappa shape index (κ3) is 2.54. The highest BCUT2D eigenvalue weighted by molar-refractivity contribution is 9.10. The number of rotatable bonds is 3. The molecule has 106 valence electrons. The summed E-state index contributed by atoms with van der Waals surface area (Å²) in [5.41, 5.74) is 1.60. The number of H-pyrrole nitrogens is 1. The van der Waals surface area contributed by atoms with Crippen LogP contribution in [0.1, 0.15) is 15.9 Å². The molecule has 0 spiro atoms. The maximum atomic E-state index is 12.8. The van der Waals surface area contributed by atoms with Crippen molar-refractivity contribution in [3.63, 3.8) is 0 Å². The second-order valence-corrected chi connectivity index (χ2v) is 5.78. The minimum Gasteiger partial charge on any atom is -0.496 e. The van der Waals surface area contributed by atoms with Crippen molar-refractivity contribution in [2.24, 2.45) is 0 Å². The van der Waals surface area contributed by atoms with Gasteiger partial charge in [-0.15, -0.1) is 0 Å². The number of hydrogen-bond acceptors (Lipinski definition) is 3. The number of ether oxygens (including phenoxy) is 1. The molecule has 0 unspecified atom stereocenters. The van der Waals surface area contributed by atoms with Crippen LogP contribution in [-0.4, -0.2) is 22.9 Å². The molecule has 2 aromatic heterocycles. The summed E-state index contributed by atoms with van der Waals surface area (Å²) in [6, 6.07) is 6.82. The molecule has 4 nitrogen and oxygen atoms in total. The molecule has 0 saturated heterocycles. The Hall–Kier alpha value is -1.85. The van der Waals surface area contributed by atoms with Gasteiger partial charge in [-0.1, -0.05) is 11.6 Å². The summed E-state index contributed by atoms with van der Waals surface area (Å²) < 4.78 is 6.05. The van der Waals surface area contributed by atoms with Gasteiger partial charge >= 0.3 is 0 Å². The molecule has 0 saturated carbocycles. The molecule has 0 aliphatic heterocycles. The number of halogens is 2. The topological polar surface area (TPSA) is 55.0 Å². The Bertz CT molecular complexity index is 845. The first kappa shape index (κ1) is 14.1. The fourth-order valence-corrected chi connectivity index (χ4v) is 2.67. The Morgan fingerprint density at radius 3 is 2.90 bits per heavy atom. The highest BCUT2D eigenvalue weighted by Crippen LogP contribution is 2.28. The van der Waals surface area contributed by atoms with Crippen molar-refractivity contribution < 1.29 is 9.53 Å². The molecule has 6 heteroatoms. The SMILES string of the molecule is COc1ccc(Cl)cc1C(=O)c1c[nH]c2ncc(Br)cc12. The predicted octanol–water partition coefficient (Wildman–Crippen LogP) is 4.22. The van der Waals surface area contributed by atoms with Crippen molar-refractivity contribution in [2.45, 2.75) is 0 Å². The van der Waals surface area contributed by atoms with Gasteiger partial charge in [-0.05, 0) is 40.2 Å². The van der Waals surface area contributed by atoms with Gasteiger partial charge in [-0.2, -0.15) is 0 Å². The highest BCUT2D eigenvalue weighted by Gasteiger charge is 2.19. The maximum absolute atomic E-state index is 12.8. The number of benzene rings is 1. The molecule has 0 aliphatic rings. The van der Waals surface area contributed by atoms with E-state index in [0.717, 1.165) is 9.86 Å². The van der Waals surface area contributed by atoms with Crippen LogP contribution in [0.4, 0.5) is 0 Å². The molecule has 3 rings (SSSR count). The van der Waals surface area contributed by atoms with E-state index in [-0.39, 0.29) is 5.78 Å². The van der Waals surface area contributed by atoms with E-state index in [1.807, 2.05) is 6.07 Å². The molecule has 3 aromatic rings. The van der Waals surface area contributed by atoms with E-state index in [0.29, 0.717) is 27.5 Å². The van der Waals surface area contributed by atoms with Crippen LogP contribution in [0.5, 0.6) is 5.75 Å². The molecule has 0 fully saturated rings. The second kappa shape index (κ2) is 5.50. The maximum Gasteiger partial charge on any atom is 0.199 e. The first-order valence-corrected chi connectivity index (χ1v) is 7.28. The Morgan fingerprint density at radius 2 is 2.14 bits per heavy atom. The zero-order valence-corrected chi connectivity index (χ0v) is 13.3. The summed E-state index contributed by atoms with van der Waals surface area (Å²) in [6.45, 7) is 0. The van der Waals surface area contributed by atoms with Crippen LogP contribution in [0.2, 0.25) is 5.02 Å². The standard InChI is InChI=1S/C15H10BrClN2O2/c1-21-13-3-2-9(17)5-11(13)14(20)12-7-19-15-10(12)4-8(16)6-18-15/h2-7H,1H3,(H,18,19). The number of carbonyl (C=O) groups is 1. The molecule has 0 radical (unpaired) electrons. The van der Waals surface area contributed by atoms with E-state index in [9.17, 15) is 4.79 Å². The van der Waals surface area contributed by atoms with E-state index in [1.54, 1.807) is 30.6 Å². The first-order valence-electron chi connectivity index (χ1n) is 6.11. The van der Waals surface area contributed by atoms with Gasteiger partial charge in [-0.3, -0.25) is 4.79 Å². The van der Waals surface area contributed by atoms with Gasteiger partial charge in [0.05, 0.1) is 12.7 Å². The monoisotopic (exact) mass is 364 g/mol. The van der Waals surface area contributed by atoms with Gasteiger partial charge in [0.15, 0.2) is 5.78 Å². The molecule has 0 amide bonds. The minimum atomic E-state index is -0.166. The van der Waals surface area contributed by atoms with Crippen LogP contribution in [0, 0.1) is 0 Å². The van der Waals surface area contributed by atoms with Gasteiger partial charge in [-0.25, -0.2) is 4.98 Å². The van der Waals surface area contributed by atoms with Crippen LogP contribution in [-0.2, 0) is 0 Å². The lowest BCUT2D eigenvalue weighted by molar-refractivity contribution is 0.103. The smallest absolute Gasteiger partial charge is 0.199 e. The van der Waals surface area contributed by atoms with Crippen LogP contribution < -0.4 is 4.74 Å². The summed E-state index contributed by atoms with van der Waals surface area (Å²) in [5.74, 6) is 0.321. The third-order valence-corrected chi connectivity index (χ3v) is 3.82.